The fraction of sp³-hybridized carbons (Fsp3) is 0.263. The van der Waals surface area contributed by atoms with Crippen LogP contribution in [0.15, 0.2) is 94.7 Å². The topological polar surface area (TPSA) is 80.9 Å². The van der Waals surface area contributed by atoms with Gasteiger partial charge in [-0.05, 0) is 73.6 Å². The van der Waals surface area contributed by atoms with Gasteiger partial charge in [0.2, 0.25) is 22.1 Å². The second-order valence-electron chi connectivity index (χ2n) is 11.7. The average Bonchev–Trinajstić information content (AvgIpc) is 3.07. The fourth-order valence-electron chi connectivity index (χ4n) is 6.05. The molecule has 0 fully saturated rings. The van der Waals surface area contributed by atoms with Gasteiger partial charge >= 0.3 is 11.9 Å². The van der Waals surface area contributed by atoms with E-state index in [1.165, 1.54) is 20.6 Å². The molecule has 0 saturated carbocycles. The van der Waals surface area contributed by atoms with Crippen LogP contribution >= 0.6 is 23.5 Å². The van der Waals surface area contributed by atoms with E-state index in [2.05, 4.69) is 46.4 Å². The zero-order chi connectivity index (χ0) is 31.3. The predicted molar refractivity (Wildman–Crippen MR) is 186 cm³/mol. The van der Waals surface area contributed by atoms with Crippen molar-refractivity contribution in [2.45, 2.75) is 61.2 Å². The summed E-state index contributed by atoms with van der Waals surface area (Å²) in [4.78, 5) is 35.0. The SMILES string of the molecule is O=C1CCCCC(=O)Oc2ccc3[nH+]c4ccccc4c(c3c2)SCCCCCCSc2c3ccccc3[nH+]c3ccc(cc23)O1. The molecule has 0 radical (unpaired) electrons. The molecule has 1 aliphatic heterocycles. The number of benzene rings is 4. The van der Waals surface area contributed by atoms with Crippen molar-refractivity contribution in [1.82, 2.24) is 0 Å². The standard InChI is InChI=1S/C38H34N2O4S2/c41-35-15-7-8-16-36(42)44-26-18-20-34-30(24-26)38(28-12-4-6-14-32(28)40-34)46-22-10-2-1-9-21-45-37-27-11-3-5-13-31(27)39-33-19-17-25(43-35)23-29(33)37/h3-6,11-14,17-20,23-24H,1-2,7-10,15-16,21-22H2/p+2. The Morgan fingerprint density at radius 2 is 0.913 bits per heavy atom. The van der Waals surface area contributed by atoms with E-state index < -0.39 is 0 Å². The second-order valence-corrected chi connectivity index (χ2v) is 13.9. The van der Waals surface area contributed by atoms with E-state index in [9.17, 15) is 9.59 Å². The van der Waals surface area contributed by atoms with Crippen molar-refractivity contribution in [2.24, 2.45) is 0 Å². The molecule has 6 aromatic rings. The highest BCUT2D eigenvalue weighted by Gasteiger charge is 2.18. The summed E-state index contributed by atoms with van der Waals surface area (Å²) in [5.74, 6) is 2.51. The molecule has 0 aliphatic carbocycles. The molecular weight excluding hydrogens is 613 g/mol. The van der Waals surface area contributed by atoms with E-state index in [-0.39, 0.29) is 24.8 Å². The Labute approximate surface area is 276 Å². The zero-order valence-corrected chi connectivity index (χ0v) is 27.2. The molecule has 8 heteroatoms. The number of thioether (sulfide) groups is 2. The number of nitrogens with one attached hydrogen (secondary N) is 2. The first kappa shape index (κ1) is 30.5. The van der Waals surface area contributed by atoms with Gasteiger partial charge in [0, 0.05) is 46.9 Å². The minimum atomic E-state index is -0.302. The van der Waals surface area contributed by atoms with Gasteiger partial charge < -0.3 is 9.47 Å². The third-order valence-corrected chi connectivity index (χ3v) is 10.8. The lowest BCUT2D eigenvalue weighted by Crippen LogP contribution is -2.11. The highest BCUT2D eigenvalue weighted by atomic mass is 32.2. The Balaban J connectivity index is 1.14. The van der Waals surface area contributed by atoms with Crippen molar-refractivity contribution in [3.05, 3.63) is 84.9 Å². The van der Waals surface area contributed by atoms with Crippen LogP contribution in [0.3, 0.4) is 0 Å². The number of aromatic amines is 2. The molecule has 2 aromatic heterocycles. The average molecular weight is 649 g/mol. The van der Waals surface area contributed by atoms with Crippen molar-refractivity contribution in [3.63, 3.8) is 0 Å². The summed E-state index contributed by atoms with van der Waals surface area (Å²) in [5.41, 5.74) is 4.22. The Hall–Kier alpha value is -4.14. The van der Waals surface area contributed by atoms with Crippen LogP contribution in [0.4, 0.5) is 0 Å². The molecule has 0 amide bonds. The van der Waals surface area contributed by atoms with E-state index in [1.54, 1.807) is 0 Å². The maximum Gasteiger partial charge on any atom is 0.311 e. The molecule has 1 aliphatic rings. The summed E-state index contributed by atoms with van der Waals surface area (Å²) in [7, 11) is 0. The van der Waals surface area contributed by atoms with Crippen molar-refractivity contribution in [1.29, 1.82) is 0 Å². The molecule has 0 unspecified atom stereocenters. The molecule has 4 aromatic carbocycles. The van der Waals surface area contributed by atoms with Crippen LogP contribution in [-0.4, -0.2) is 23.4 Å². The van der Waals surface area contributed by atoms with E-state index in [0.717, 1.165) is 70.0 Å². The van der Waals surface area contributed by atoms with Gasteiger partial charge in [-0.1, -0.05) is 37.1 Å². The Morgan fingerprint density at radius 1 is 0.478 bits per heavy atom. The number of hydrogen-bond acceptors (Lipinski definition) is 6. The molecular formula is C38H36N2O4S2+2. The predicted octanol–water partition coefficient (Wildman–Crippen LogP) is 8.76. The van der Waals surface area contributed by atoms with Gasteiger partial charge in [-0.25, -0.2) is 9.97 Å². The number of fused-ring (bicyclic) bond motifs is 6. The summed E-state index contributed by atoms with van der Waals surface area (Å²) in [6.45, 7) is 0. The smallest absolute Gasteiger partial charge is 0.311 e. The number of hydrogen-bond donors (Lipinski definition) is 0. The first-order chi connectivity index (χ1) is 22.6. The summed E-state index contributed by atoms with van der Waals surface area (Å²) < 4.78 is 11.5. The first-order valence-corrected chi connectivity index (χ1v) is 18.0. The number of para-hydroxylation sites is 2. The van der Waals surface area contributed by atoms with Gasteiger partial charge in [0.15, 0.2) is 0 Å². The molecule has 0 spiro atoms. The minimum absolute atomic E-state index is 0.232. The van der Waals surface area contributed by atoms with Crippen LogP contribution in [0.1, 0.15) is 51.4 Å². The van der Waals surface area contributed by atoms with Crippen LogP contribution < -0.4 is 19.4 Å². The van der Waals surface area contributed by atoms with Crippen LogP contribution in [0.2, 0.25) is 0 Å². The third kappa shape index (κ3) is 6.83. The summed E-state index contributed by atoms with van der Waals surface area (Å²) in [5, 5.41) is 4.47. The molecule has 7 rings (SSSR count). The molecule has 2 N–H and O–H groups in total. The summed E-state index contributed by atoms with van der Waals surface area (Å²) in [6, 6.07) is 28.4. The van der Waals surface area contributed by atoms with Crippen molar-refractivity contribution < 1.29 is 29.0 Å². The van der Waals surface area contributed by atoms with E-state index >= 15 is 0 Å². The molecule has 0 atom stereocenters. The molecule has 4 bridgehead atoms. The van der Waals surface area contributed by atoms with Crippen LogP contribution in [-0.2, 0) is 9.59 Å². The van der Waals surface area contributed by atoms with Gasteiger partial charge in [-0.3, -0.25) is 9.59 Å². The number of carbonyl (C=O) groups excluding carboxylic acids is 2. The number of carbonyl (C=O) groups is 2. The van der Waals surface area contributed by atoms with E-state index in [1.807, 2.05) is 72.1 Å². The summed E-state index contributed by atoms with van der Waals surface area (Å²) in [6.07, 6.45) is 6.12. The fourth-order valence-corrected chi connectivity index (χ4v) is 8.47. The quantitative estimate of drug-likeness (QED) is 0.0931. The maximum atomic E-state index is 12.8. The first-order valence-electron chi connectivity index (χ1n) is 16.0. The lowest BCUT2D eigenvalue weighted by molar-refractivity contribution is -0.311. The lowest BCUT2D eigenvalue weighted by Gasteiger charge is -2.10. The molecule has 0 saturated heterocycles. The second kappa shape index (κ2) is 14.1. The van der Waals surface area contributed by atoms with Crippen molar-refractivity contribution in [3.8, 4) is 11.5 Å². The number of esters is 2. The molecule has 6 nitrogen and oxygen atoms in total. The van der Waals surface area contributed by atoms with E-state index in [4.69, 9.17) is 9.47 Å². The number of aromatic nitrogens is 2. The van der Waals surface area contributed by atoms with Gasteiger partial charge in [-0.15, -0.1) is 23.5 Å². The molecule has 46 heavy (non-hydrogen) atoms. The minimum Gasteiger partial charge on any atom is -0.426 e. The normalized spacial score (nSPS) is 16.1. The van der Waals surface area contributed by atoms with Crippen LogP contribution in [0.5, 0.6) is 11.5 Å². The maximum absolute atomic E-state index is 12.8. The molecule has 232 valence electrons. The van der Waals surface area contributed by atoms with Crippen molar-refractivity contribution in [2.75, 3.05) is 11.5 Å². The Kier molecular flexibility index (Phi) is 9.35. The Bertz CT molecular complexity index is 1930. The largest absolute Gasteiger partial charge is 0.426 e. The van der Waals surface area contributed by atoms with Gasteiger partial charge in [0.1, 0.15) is 11.5 Å². The third-order valence-electron chi connectivity index (χ3n) is 8.36. The monoisotopic (exact) mass is 648 g/mol. The molecule has 3 heterocycles. The lowest BCUT2D eigenvalue weighted by atomic mass is 10.1. The highest BCUT2D eigenvalue weighted by Crippen LogP contribution is 2.37. The van der Waals surface area contributed by atoms with Gasteiger partial charge in [0.05, 0.1) is 21.5 Å². The van der Waals surface area contributed by atoms with Gasteiger partial charge in [-0.2, -0.15) is 0 Å². The number of ether oxygens (including phenoxy) is 2. The summed E-state index contributed by atoms with van der Waals surface area (Å²) >= 11 is 3.76. The number of rotatable bonds is 0. The van der Waals surface area contributed by atoms with Gasteiger partial charge in [0.25, 0.3) is 0 Å². The zero-order valence-electron chi connectivity index (χ0n) is 25.6. The van der Waals surface area contributed by atoms with Crippen LogP contribution in [0.25, 0.3) is 43.6 Å². The highest BCUT2D eigenvalue weighted by molar-refractivity contribution is 8.00. The Morgan fingerprint density at radius 3 is 1.39 bits per heavy atom. The van der Waals surface area contributed by atoms with E-state index in [0.29, 0.717) is 24.3 Å². The number of H-pyrrole nitrogens is 2. The number of pyridine rings is 2. The van der Waals surface area contributed by atoms with Crippen molar-refractivity contribution >= 4 is 79.1 Å². The van der Waals surface area contributed by atoms with Crippen LogP contribution in [0, 0.1) is 0 Å².